The van der Waals surface area contributed by atoms with Crippen molar-refractivity contribution in [3.8, 4) is 11.1 Å². The van der Waals surface area contributed by atoms with Gasteiger partial charge in [0.25, 0.3) is 0 Å². The molecule has 2 aliphatic rings. The zero-order valence-electron chi connectivity index (χ0n) is 16.3. The fourth-order valence-corrected chi connectivity index (χ4v) is 4.08. The molecule has 2 atom stereocenters. The molecule has 28 heavy (non-hydrogen) atoms. The van der Waals surface area contributed by atoms with E-state index in [1.807, 2.05) is 16.8 Å². The van der Waals surface area contributed by atoms with Gasteiger partial charge in [-0.15, -0.1) is 0 Å². The molecule has 2 aromatic heterocycles. The highest BCUT2D eigenvalue weighted by molar-refractivity contribution is 5.86. The number of hydrogen-bond acceptors (Lipinski definition) is 5. The Morgan fingerprint density at radius 3 is 3.00 bits per heavy atom. The molecule has 6 nitrogen and oxygen atoms in total. The molecular formula is C21H26FN5O. The molecule has 0 bridgehead atoms. The predicted octanol–water partition coefficient (Wildman–Crippen LogP) is 2.94. The van der Waals surface area contributed by atoms with Gasteiger partial charge in [-0.2, -0.15) is 5.10 Å². The lowest BCUT2D eigenvalue weighted by Gasteiger charge is -2.20. The number of fused-ring (bicyclic) bond motifs is 1. The minimum atomic E-state index is -0.390. The van der Waals surface area contributed by atoms with Crippen LogP contribution in [0.1, 0.15) is 32.4 Å². The van der Waals surface area contributed by atoms with E-state index >= 15 is 0 Å². The molecule has 0 saturated carbocycles. The summed E-state index contributed by atoms with van der Waals surface area (Å²) in [5, 5.41) is 7.46. The van der Waals surface area contributed by atoms with E-state index in [1.165, 1.54) is 6.20 Å². The van der Waals surface area contributed by atoms with Crippen molar-refractivity contribution in [2.75, 3.05) is 11.9 Å². The number of allylic oxidation sites excluding steroid dienone is 1. The number of anilines is 1. The largest absolute Gasteiger partial charge is 0.363 e. The third kappa shape index (κ3) is 3.71. The summed E-state index contributed by atoms with van der Waals surface area (Å²) in [7, 11) is 0. The summed E-state index contributed by atoms with van der Waals surface area (Å²) >= 11 is 0. The van der Waals surface area contributed by atoms with Crippen molar-refractivity contribution in [1.29, 1.82) is 0 Å². The standard InChI is InChI=1S/C21H26FN5O/c1-21(2)8-18-16(9-26-27(18)12-21)15-7-20(24-10-17(15)22)25-11-19(28)13-4-3-5-14(23)6-13/h3-4,7,9-10,13-14H,5-6,8,11-12,23H2,1-2H3,(H,24,25)/t13-,14+/m0/s1. The Morgan fingerprint density at radius 2 is 2.21 bits per heavy atom. The van der Waals surface area contributed by atoms with Gasteiger partial charge in [-0.25, -0.2) is 9.37 Å². The number of hydrogen-bond donors (Lipinski definition) is 2. The van der Waals surface area contributed by atoms with E-state index in [9.17, 15) is 9.18 Å². The molecule has 0 unspecified atom stereocenters. The molecule has 3 N–H and O–H groups in total. The Balaban J connectivity index is 1.50. The van der Waals surface area contributed by atoms with Crippen molar-refractivity contribution < 1.29 is 9.18 Å². The van der Waals surface area contributed by atoms with Crippen molar-refractivity contribution in [3.63, 3.8) is 0 Å². The number of pyridine rings is 1. The number of ketones is 1. The lowest BCUT2D eigenvalue weighted by Crippen LogP contribution is -2.31. The van der Waals surface area contributed by atoms with E-state index in [-0.39, 0.29) is 29.7 Å². The lowest BCUT2D eigenvalue weighted by molar-refractivity contribution is -0.120. The van der Waals surface area contributed by atoms with Crippen molar-refractivity contribution in [3.05, 3.63) is 42.1 Å². The van der Waals surface area contributed by atoms with Crippen LogP contribution in [0.3, 0.4) is 0 Å². The fourth-order valence-electron chi connectivity index (χ4n) is 4.08. The first-order valence-corrected chi connectivity index (χ1v) is 9.72. The minimum Gasteiger partial charge on any atom is -0.363 e. The molecule has 7 heteroatoms. The lowest BCUT2D eigenvalue weighted by atomic mass is 9.89. The van der Waals surface area contributed by atoms with Gasteiger partial charge in [-0.3, -0.25) is 9.48 Å². The van der Waals surface area contributed by atoms with Crippen molar-refractivity contribution >= 4 is 11.6 Å². The second-order valence-electron chi connectivity index (χ2n) is 8.64. The molecule has 1 aliphatic heterocycles. The second-order valence-corrected chi connectivity index (χ2v) is 8.64. The third-order valence-corrected chi connectivity index (χ3v) is 5.54. The first kappa shape index (κ1) is 18.8. The quantitative estimate of drug-likeness (QED) is 0.776. The maximum absolute atomic E-state index is 14.5. The monoisotopic (exact) mass is 383 g/mol. The zero-order chi connectivity index (χ0) is 19.9. The van der Waals surface area contributed by atoms with Gasteiger partial charge in [0, 0.05) is 35.3 Å². The summed E-state index contributed by atoms with van der Waals surface area (Å²) < 4.78 is 16.5. The number of carbonyl (C=O) groups excluding carboxylic acids is 1. The van der Waals surface area contributed by atoms with Gasteiger partial charge < -0.3 is 11.1 Å². The summed E-state index contributed by atoms with van der Waals surface area (Å²) in [4.78, 5) is 16.5. The highest BCUT2D eigenvalue weighted by Crippen LogP contribution is 2.37. The van der Waals surface area contributed by atoms with E-state index in [0.717, 1.165) is 30.6 Å². The van der Waals surface area contributed by atoms with Crippen molar-refractivity contribution in [2.24, 2.45) is 17.1 Å². The van der Waals surface area contributed by atoms with Gasteiger partial charge in [0.05, 0.1) is 18.9 Å². The number of nitrogens with zero attached hydrogens (tertiary/aromatic N) is 3. The van der Waals surface area contributed by atoms with Crippen LogP contribution in [0.2, 0.25) is 0 Å². The van der Waals surface area contributed by atoms with Crippen LogP contribution >= 0.6 is 0 Å². The number of rotatable bonds is 5. The molecule has 3 heterocycles. The maximum Gasteiger partial charge on any atom is 0.158 e. The molecule has 0 amide bonds. The highest BCUT2D eigenvalue weighted by atomic mass is 19.1. The van der Waals surface area contributed by atoms with Crippen LogP contribution in [0.15, 0.2) is 30.6 Å². The molecule has 0 spiro atoms. The van der Waals surface area contributed by atoms with Crippen molar-refractivity contribution in [1.82, 2.24) is 14.8 Å². The van der Waals surface area contributed by atoms with E-state index in [1.54, 1.807) is 12.3 Å². The normalized spacial score (nSPS) is 22.9. The highest BCUT2D eigenvalue weighted by Gasteiger charge is 2.32. The first-order valence-electron chi connectivity index (χ1n) is 9.72. The molecular weight excluding hydrogens is 357 g/mol. The Labute approximate surface area is 164 Å². The van der Waals surface area contributed by atoms with Crippen molar-refractivity contribution in [2.45, 2.75) is 45.7 Å². The molecule has 0 saturated heterocycles. The summed E-state index contributed by atoms with van der Waals surface area (Å²) in [6.07, 6.45) is 9.13. The smallest absolute Gasteiger partial charge is 0.158 e. The van der Waals surface area contributed by atoms with Crippen LogP contribution < -0.4 is 11.1 Å². The SMILES string of the molecule is CC1(C)Cc2c(-c3cc(NCC(=O)[C@H]4C=CC[C@@H](N)C4)ncc3F)cnn2C1. The van der Waals surface area contributed by atoms with Gasteiger partial charge >= 0.3 is 0 Å². The molecule has 148 valence electrons. The number of carbonyl (C=O) groups is 1. The summed E-state index contributed by atoms with van der Waals surface area (Å²) in [6, 6.07) is 1.69. The predicted molar refractivity (Wildman–Crippen MR) is 106 cm³/mol. The second kappa shape index (κ2) is 7.13. The number of aromatic nitrogens is 3. The Morgan fingerprint density at radius 1 is 1.39 bits per heavy atom. The van der Waals surface area contributed by atoms with Crippen LogP contribution in [-0.2, 0) is 17.8 Å². The molecule has 4 rings (SSSR count). The Bertz CT molecular complexity index is 933. The van der Waals surface area contributed by atoms with E-state index in [2.05, 4.69) is 29.2 Å². The average Bonchev–Trinajstić information content (AvgIpc) is 3.15. The minimum absolute atomic E-state index is 0.0307. The summed E-state index contributed by atoms with van der Waals surface area (Å²) in [5.74, 6) is -0.0193. The number of nitrogens with two attached hydrogens (primary N) is 1. The zero-order valence-corrected chi connectivity index (χ0v) is 16.3. The molecule has 0 radical (unpaired) electrons. The van der Waals surface area contributed by atoms with Gasteiger partial charge in [-0.1, -0.05) is 26.0 Å². The molecule has 2 aromatic rings. The topological polar surface area (TPSA) is 85.8 Å². The Hall–Kier alpha value is -2.54. The van der Waals surface area contributed by atoms with E-state index < -0.39 is 5.82 Å². The molecule has 0 fully saturated rings. The number of halogens is 1. The number of nitrogens with one attached hydrogen (secondary N) is 1. The summed E-state index contributed by atoms with van der Waals surface area (Å²) in [5.41, 5.74) is 8.35. The summed E-state index contributed by atoms with van der Waals surface area (Å²) in [6.45, 7) is 5.32. The van der Waals surface area contributed by atoms with Gasteiger partial charge in [0.15, 0.2) is 5.78 Å². The van der Waals surface area contributed by atoms with Crippen LogP contribution in [0, 0.1) is 17.2 Å². The maximum atomic E-state index is 14.5. The van der Waals surface area contributed by atoms with Gasteiger partial charge in [-0.05, 0) is 30.7 Å². The van der Waals surface area contributed by atoms with Crippen LogP contribution in [0.5, 0.6) is 0 Å². The van der Waals surface area contributed by atoms with Crippen LogP contribution in [0.25, 0.3) is 11.1 Å². The number of Topliss-reactive ketones (excluding diaryl/α,β-unsaturated/α-hetero) is 1. The van der Waals surface area contributed by atoms with Gasteiger partial charge in [0.2, 0.25) is 0 Å². The van der Waals surface area contributed by atoms with E-state index in [4.69, 9.17) is 5.73 Å². The van der Waals surface area contributed by atoms with Crippen LogP contribution in [-0.4, -0.2) is 33.1 Å². The Kier molecular flexibility index (Phi) is 4.79. The molecule has 1 aliphatic carbocycles. The molecule has 0 aromatic carbocycles. The third-order valence-electron chi connectivity index (χ3n) is 5.54. The van der Waals surface area contributed by atoms with Crippen LogP contribution in [0.4, 0.5) is 10.2 Å². The van der Waals surface area contributed by atoms with E-state index in [0.29, 0.717) is 17.8 Å². The van der Waals surface area contributed by atoms with Gasteiger partial charge in [0.1, 0.15) is 11.6 Å². The first-order chi connectivity index (χ1) is 13.3. The average molecular weight is 383 g/mol. The fraction of sp³-hybridized carbons (Fsp3) is 0.476.